The fourth-order valence-electron chi connectivity index (χ4n) is 2.64. The van der Waals surface area contributed by atoms with Gasteiger partial charge in [0.2, 0.25) is 5.91 Å². The van der Waals surface area contributed by atoms with Crippen LogP contribution in [0.5, 0.6) is 0 Å². The number of ether oxygens (including phenoxy) is 1. The summed E-state index contributed by atoms with van der Waals surface area (Å²) in [7, 11) is 1.42. The molecule has 1 amide bonds. The predicted octanol–water partition coefficient (Wildman–Crippen LogP) is 2.64. The molecule has 0 N–H and O–H groups in total. The minimum atomic E-state index is -0.152. The fourth-order valence-corrected chi connectivity index (χ4v) is 3.65. The van der Waals surface area contributed by atoms with Gasteiger partial charge in [0.15, 0.2) is 0 Å². The second-order valence-electron chi connectivity index (χ2n) is 5.60. The monoisotopic (exact) mass is 321 g/mol. The largest absolute Gasteiger partial charge is 0.469 e. The van der Waals surface area contributed by atoms with Gasteiger partial charge in [-0.25, -0.2) is 0 Å². The van der Waals surface area contributed by atoms with Crippen molar-refractivity contribution >= 4 is 23.6 Å². The lowest BCUT2D eigenvalue weighted by Gasteiger charge is -2.30. The lowest BCUT2D eigenvalue weighted by Crippen LogP contribution is -2.41. The normalized spacial score (nSPS) is 15.6. The zero-order chi connectivity index (χ0) is 15.9. The third-order valence-corrected chi connectivity index (χ3v) is 5.09. The number of nitrogens with zero attached hydrogens (tertiary/aromatic N) is 1. The number of methoxy groups -OCH3 is 1. The van der Waals surface area contributed by atoms with Gasteiger partial charge in [-0.2, -0.15) is 0 Å². The number of thioether (sulfide) groups is 1. The number of hydrogen-bond donors (Lipinski definition) is 0. The van der Waals surface area contributed by atoms with Gasteiger partial charge < -0.3 is 9.64 Å². The highest BCUT2D eigenvalue weighted by Crippen LogP contribution is 2.20. The molecule has 1 aromatic carbocycles. The SMILES string of the molecule is COC(=O)C1CCN(C(=O)CSCc2ccccc2C)CC1. The summed E-state index contributed by atoms with van der Waals surface area (Å²) in [6, 6.07) is 8.26. The molecular weight excluding hydrogens is 298 g/mol. The van der Waals surface area contributed by atoms with E-state index in [1.54, 1.807) is 11.8 Å². The van der Waals surface area contributed by atoms with Crippen LogP contribution in [0.15, 0.2) is 24.3 Å². The lowest BCUT2D eigenvalue weighted by molar-refractivity contribution is -0.148. The lowest BCUT2D eigenvalue weighted by atomic mass is 9.97. The van der Waals surface area contributed by atoms with Crippen LogP contribution in [-0.4, -0.2) is 42.7 Å². The molecule has 4 nitrogen and oxygen atoms in total. The molecule has 1 saturated heterocycles. The van der Waals surface area contributed by atoms with Crippen LogP contribution in [0.3, 0.4) is 0 Å². The first-order valence-electron chi connectivity index (χ1n) is 7.59. The first-order valence-corrected chi connectivity index (χ1v) is 8.75. The highest BCUT2D eigenvalue weighted by atomic mass is 32.2. The standard InChI is InChI=1S/C17H23NO3S/c1-13-5-3-4-6-15(13)11-22-12-16(19)18-9-7-14(8-10-18)17(20)21-2/h3-6,14H,7-12H2,1-2H3. The number of esters is 1. The van der Waals surface area contributed by atoms with E-state index >= 15 is 0 Å². The van der Waals surface area contributed by atoms with Crippen molar-refractivity contribution in [3.05, 3.63) is 35.4 Å². The predicted molar refractivity (Wildman–Crippen MR) is 88.7 cm³/mol. The molecule has 0 aromatic heterocycles. The number of carbonyl (C=O) groups is 2. The summed E-state index contributed by atoms with van der Waals surface area (Å²) in [5.74, 6) is 1.32. The molecule has 0 spiro atoms. The van der Waals surface area contributed by atoms with Crippen LogP contribution in [0.1, 0.15) is 24.0 Å². The van der Waals surface area contributed by atoms with Gasteiger partial charge in [-0.05, 0) is 30.9 Å². The van der Waals surface area contributed by atoms with E-state index in [1.165, 1.54) is 18.2 Å². The molecule has 1 aromatic rings. The first kappa shape index (κ1) is 16.9. The van der Waals surface area contributed by atoms with Gasteiger partial charge in [0.25, 0.3) is 0 Å². The number of piperidine rings is 1. The van der Waals surface area contributed by atoms with Crippen molar-refractivity contribution in [2.24, 2.45) is 5.92 Å². The molecule has 1 heterocycles. The van der Waals surface area contributed by atoms with Gasteiger partial charge in [0.05, 0.1) is 18.8 Å². The summed E-state index contributed by atoms with van der Waals surface area (Å²) in [5, 5.41) is 0. The van der Waals surface area contributed by atoms with E-state index in [-0.39, 0.29) is 17.8 Å². The number of hydrogen-bond acceptors (Lipinski definition) is 4. The summed E-state index contributed by atoms with van der Waals surface area (Å²) in [4.78, 5) is 25.5. The van der Waals surface area contributed by atoms with Gasteiger partial charge in [-0.15, -0.1) is 11.8 Å². The number of benzene rings is 1. The summed E-state index contributed by atoms with van der Waals surface area (Å²) in [6.07, 6.45) is 1.42. The molecule has 120 valence electrons. The fraction of sp³-hybridized carbons (Fsp3) is 0.529. The molecule has 0 aliphatic carbocycles. The molecule has 2 rings (SSSR count). The average Bonchev–Trinajstić information content (AvgIpc) is 2.56. The van der Waals surface area contributed by atoms with Crippen molar-refractivity contribution in [2.75, 3.05) is 26.0 Å². The van der Waals surface area contributed by atoms with E-state index in [1.807, 2.05) is 17.0 Å². The Bertz CT molecular complexity index is 524. The molecule has 0 unspecified atom stereocenters. The third-order valence-electron chi connectivity index (χ3n) is 4.13. The zero-order valence-electron chi connectivity index (χ0n) is 13.2. The van der Waals surface area contributed by atoms with Crippen molar-refractivity contribution in [1.82, 2.24) is 4.90 Å². The zero-order valence-corrected chi connectivity index (χ0v) is 14.0. The van der Waals surface area contributed by atoms with Crippen molar-refractivity contribution < 1.29 is 14.3 Å². The second kappa shape index (κ2) is 8.22. The summed E-state index contributed by atoms with van der Waals surface area (Å²) < 4.78 is 4.76. The first-order chi connectivity index (χ1) is 10.6. The van der Waals surface area contributed by atoms with Crippen LogP contribution in [0.2, 0.25) is 0 Å². The van der Waals surface area contributed by atoms with Crippen LogP contribution < -0.4 is 0 Å². The molecular formula is C17H23NO3S. The Balaban J connectivity index is 1.72. The summed E-state index contributed by atoms with van der Waals surface area (Å²) >= 11 is 1.65. The smallest absolute Gasteiger partial charge is 0.308 e. The molecule has 0 bridgehead atoms. The maximum Gasteiger partial charge on any atom is 0.308 e. The Morgan fingerprint density at radius 3 is 2.59 bits per heavy atom. The van der Waals surface area contributed by atoms with Crippen LogP contribution in [-0.2, 0) is 20.1 Å². The van der Waals surface area contributed by atoms with Crippen LogP contribution in [0.25, 0.3) is 0 Å². The molecule has 22 heavy (non-hydrogen) atoms. The Hall–Kier alpha value is -1.49. The van der Waals surface area contributed by atoms with Crippen LogP contribution >= 0.6 is 11.8 Å². The number of aryl methyl sites for hydroxylation is 1. The van der Waals surface area contributed by atoms with Crippen molar-refractivity contribution in [1.29, 1.82) is 0 Å². The van der Waals surface area contributed by atoms with Gasteiger partial charge in [-0.1, -0.05) is 24.3 Å². The van der Waals surface area contributed by atoms with Crippen molar-refractivity contribution in [2.45, 2.75) is 25.5 Å². The Morgan fingerprint density at radius 2 is 1.95 bits per heavy atom. The summed E-state index contributed by atoms with van der Waals surface area (Å²) in [6.45, 7) is 3.41. The van der Waals surface area contributed by atoms with Gasteiger partial charge in [0, 0.05) is 18.8 Å². The minimum Gasteiger partial charge on any atom is -0.469 e. The Morgan fingerprint density at radius 1 is 1.27 bits per heavy atom. The van der Waals surface area contributed by atoms with Gasteiger partial charge in [0.1, 0.15) is 0 Å². The second-order valence-corrected chi connectivity index (χ2v) is 6.58. The van der Waals surface area contributed by atoms with Gasteiger partial charge >= 0.3 is 5.97 Å². The van der Waals surface area contributed by atoms with E-state index < -0.39 is 0 Å². The third kappa shape index (κ3) is 4.50. The highest BCUT2D eigenvalue weighted by molar-refractivity contribution is 7.99. The van der Waals surface area contributed by atoms with E-state index in [2.05, 4.69) is 19.1 Å². The van der Waals surface area contributed by atoms with Crippen molar-refractivity contribution in [3.8, 4) is 0 Å². The number of carbonyl (C=O) groups excluding carboxylic acids is 2. The molecule has 0 radical (unpaired) electrons. The number of likely N-dealkylation sites (tertiary alicyclic amines) is 1. The molecule has 0 saturated carbocycles. The maximum atomic E-state index is 12.2. The minimum absolute atomic E-state index is 0.0475. The summed E-state index contributed by atoms with van der Waals surface area (Å²) in [5.41, 5.74) is 2.55. The Labute approximate surface area is 136 Å². The molecule has 1 aliphatic heterocycles. The maximum absolute atomic E-state index is 12.2. The molecule has 0 atom stereocenters. The quantitative estimate of drug-likeness (QED) is 0.782. The van der Waals surface area contributed by atoms with Crippen LogP contribution in [0, 0.1) is 12.8 Å². The highest BCUT2D eigenvalue weighted by Gasteiger charge is 2.27. The van der Waals surface area contributed by atoms with Crippen LogP contribution in [0.4, 0.5) is 0 Å². The van der Waals surface area contributed by atoms with E-state index in [0.29, 0.717) is 31.7 Å². The Kier molecular flexibility index (Phi) is 6.31. The number of amides is 1. The topological polar surface area (TPSA) is 46.6 Å². The van der Waals surface area contributed by atoms with Crippen molar-refractivity contribution in [3.63, 3.8) is 0 Å². The number of rotatable bonds is 5. The van der Waals surface area contributed by atoms with E-state index in [9.17, 15) is 9.59 Å². The molecule has 5 heteroatoms. The van der Waals surface area contributed by atoms with Gasteiger partial charge in [-0.3, -0.25) is 9.59 Å². The van der Waals surface area contributed by atoms with E-state index in [4.69, 9.17) is 4.74 Å². The average molecular weight is 321 g/mol. The van der Waals surface area contributed by atoms with E-state index in [0.717, 1.165) is 5.75 Å². The molecule has 1 fully saturated rings. The molecule has 1 aliphatic rings.